The molecular weight excluding hydrogens is 216 g/mol. The Morgan fingerprint density at radius 2 is 2.36 bits per heavy atom. The van der Waals surface area contributed by atoms with Gasteiger partial charge in [0.1, 0.15) is 6.33 Å². The van der Waals surface area contributed by atoms with E-state index in [1.807, 2.05) is 6.07 Å². The smallest absolute Gasteiger partial charge is 0.170 e. The van der Waals surface area contributed by atoms with Crippen molar-refractivity contribution in [1.29, 1.82) is 0 Å². The van der Waals surface area contributed by atoms with Crippen LogP contribution in [-0.4, -0.2) is 14.3 Å². The van der Waals surface area contributed by atoms with Gasteiger partial charge in [-0.25, -0.2) is 4.98 Å². The zero-order valence-electron chi connectivity index (χ0n) is 7.25. The molecule has 0 fully saturated rings. The number of rotatable bonds is 3. The van der Waals surface area contributed by atoms with Crippen molar-refractivity contribution in [3.63, 3.8) is 0 Å². The standard InChI is InChI=1S/C8H8N4S2/c9-6-1-2-10-7(3-6)4-13-8-11-5-12-14-8/h1-3,5H,4H2,(H2,9,10). The van der Waals surface area contributed by atoms with Gasteiger partial charge in [-0.3, -0.25) is 4.98 Å². The largest absolute Gasteiger partial charge is 0.399 e. The highest BCUT2D eigenvalue weighted by atomic mass is 32.2. The number of nitrogens with two attached hydrogens (primary N) is 1. The Kier molecular flexibility index (Phi) is 2.95. The molecule has 0 atom stereocenters. The first-order valence-corrected chi connectivity index (χ1v) is 5.70. The molecule has 4 nitrogen and oxygen atoms in total. The summed E-state index contributed by atoms with van der Waals surface area (Å²) < 4.78 is 4.87. The van der Waals surface area contributed by atoms with Gasteiger partial charge in [-0.2, -0.15) is 4.37 Å². The fourth-order valence-corrected chi connectivity index (χ4v) is 2.28. The van der Waals surface area contributed by atoms with Crippen molar-refractivity contribution in [1.82, 2.24) is 14.3 Å². The molecule has 0 radical (unpaired) electrons. The number of anilines is 1. The minimum atomic E-state index is 0.743. The number of aromatic nitrogens is 3. The van der Waals surface area contributed by atoms with E-state index in [0.717, 1.165) is 21.5 Å². The summed E-state index contributed by atoms with van der Waals surface area (Å²) in [7, 11) is 0. The molecule has 0 unspecified atom stereocenters. The number of thioether (sulfide) groups is 1. The monoisotopic (exact) mass is 224 g/mol. The van der Waals surface area contributed by atoms with Crippen molar-refractivity contribution in [2.75, 3.05) is 5.73 Å². The van der Waals surface area contributed by atoms with Crippen LogP contribution in [0.15, 0.2) is 29.0 Å². The quantitative estimate of drug-likeness (QED) is 0.805. The molecule has 0 aliphatic heterocycles. The SMILES string of the molecule is Nc1ccnc(CSc2ncns2)c1. The van der Waals surface area contributed by atoms with E-state index < -0.39 is 0 Å². The van der Waals surface area contributed by atoms with E-state index in [0.29, 0.717) is 0 Å². The van der Waals surface area contributed by atoms with Gasteiger partial charge < -0.3 is 5.73 Å². The summed E-state index contributed by atoms with van der Waals surface area (Å²) in [5.41, 5.74) is 7.34. The van der Waals surface area contributed by atoms with Gasteiger partial charge in [0.2, 0.25) is 0 Å². The molecule has 2 aromatic rings. The maximum Gasteiger partial charge on any atom is 0.170 e. The van der Waals surface area contributed by atoms with Crippen molar-refractivity contribution in [3.05, 3.63) is 30.4 Å². The molecule has 0 spiro atoms. The highest BCUT2D eigenvalue weighted by Gasteiger charge is 2.00. The van der Waals surface area contributed by atoms with Crippen LogP contribution < -0.4 is 5.73 Å². The summed E-state index contributed by atoms with van der Waals surface area (Å²) in [6, 6.07) is 3.65. The van der Waals surface area contributed by atoms with Crippen LogP contribution in [0.5, 0.6) is 0 Å². The summed E-state index contributed by atoms with van der Waals surface area (Å²) in [5.74, 6) is 0.778. The lowest BCUT2D eigenvalue weighted by atomic mass is 10.3. The third-order valence-corrected chi connectivity index (χ3v) is 3.36. The van der Waals surface area contributed by atoms with Gasteiger partial charge in [0.25, 0.3) is 0 Å². The highest BCUT2D eigenvalue weighted by Crippen LogP contribution is 2.22. The van der Waals surface area contributed by atoms with Crippen LogP contribution in [0.3, 0.4) is 0 Å². The average Bonchev–Trinajstić information content (AvgIpc) is 2.67. The van der Waals surface area contributed by atoms with Crippen LogP contribution in [0, 0.1) is 0 Å². The van der Waals surface area contributed by atoms with E-state index >= 15 is 0 Å². The van der Waals surface area contributed by atoms with Gasteiger partial charge in [-0.15, -0.1) is 0 Å². The lowest BCUT2D eigenvalue weighted by Gasteiger charge is -1.98. The summed E-state index contributed by atoms with van der Waals surface area (Å²) in [4.78, 5) is 8.26. The van der Waals surface area contributed by atoms with E-state index in [-0.39, 0.29) is 0 Å². The van der Waals surface area contributed by atoms with Crippen molar-refractivity contribution in [2.45, 2.75) is 10.1 Å². The maximum atomic E-state index is 5.63. The molecule has 0 aliphatic rings. The number of nitrogens with zero attached hydrogens (tertiary/aromatic N) is 3. The minimum absolute atomic E-state index is 0.743. The van der Waals surface area contributed by atoms with E-state index in [1.165, 1.54) is 11.5 Å². The zero-order valence-corrected chi connectivity index (χ0v) is 8.88. The molecule has 72 valence electrons. The van der Waals surface area contributed by atoms with Crippen LogP contribution in [-0.2, 0) is 5.75 Å². The molecule has 0 aliphatic carbocycles. The molecule has 2 aromatic heterocycles. The normalized spacial score (nSPS) is 10.3. The Bertz CT molecular complexity index is 401. The summed E-state index contributed by atoms with van der Waals surface area (Å²) in [6.45, 7) is 0. The molecule has 6 heteroatoms. The van der Waals surface area contributed by atoms with Gasteiger partial charge in [0.05, 0.1) is 5.69 Å². The summed E-state index contributed by atoms with van der Waals surface area (Å²) >= 11 is 3.00. The lowest BCUT2D eigenvalue weighted by molar-refractivity contribution is 1.16. The number of nitrogen functional groups attached to an aromatic ring is 1. The van der Waals surface area contributed by atoms with Crippen LogP contribution in [0.25, 0.3) is 0 Å². The van der Waals surface area contributed by atoms with Crippen LogP contribution >= 0.6 is 23.3 Å². The van der Waals surface area contributed by atoms with Crippen LogP contribution in [0.1, 0.15) is 5.69 Å². The van der Waals surface area contributed by atoms with Crippen molar-refractivity contribution >= 4 is 29.0 Å². The zero-order chi connectivity index (χ0) is 9.80. The molecule has 0 saturated heterocycles. The van der Waals surface area contributed by atoms with Crippen LogP contribution in [0.2, 0.25) is 0 Å². The van der Waals surface area contributed by atoms with Gasteiger partial charge in [-0.05, 0) is 23.7 Å². The molecule has 0 aromatic carbocycles. The molecule has 0 amide bonds. The van der Waals surface area contributed by atoms with Crippen molar-refractivity contribution in [3.8, 4) is 0 Å². The second kappa shape index (κ2) is 4.39. The highest BCUT2D eigenvalue weighted by molar-refractivity contribution is 8.00. The Balaban J connectivity index is 1.98. The van der Waals surface area contributed by atoms with E-state index in [9.17, 15) is 0 Å². The Morgan fingerprint density at radius 1 is 1.43 bits per heavy atom. The van der Waals surface area contributed by atoms with Crippen LogP contribution in [0.4, 0.5) is 5.69 Å². The number of pyridine rings is 1. The molecule has 2 N–H and O–H groups in total. The number of hydrogen-bond donors (Lipinski definition) is 1. The fourth-order valence-electron chi connectivity index (χ4n) is 0.938. The number of hydrogen-bond acceptors (Lipinski definition) is 6. The Labute approximate surface area is 89.8 Å². The minimum Gasteiger partial charge on any atom is -0.399 e. The van der Waals surface area contributed by atoms with Crippen molar-refractivity contribution in [2.24, 2.45) is 0 Å². The molecular formula is C8H8N4S2. The predicted octanol–water partition coefficient (Wildman–Crippen LogP) is 1.81. The Hall–Kier alpha value is -1.14. The Morgan fingerprint density at radius 3 is 3.07 bits per heavy atom. The molecule has 14 heavy (non-hydrogen) atoms. The second-order valence-corrected chi connectivity index (χ2v) is 4.58. The third kappa shape index (κ3) is 2.43. The second-order valence-electron chi connectivity index (χ2n) is 2.58. The maximum absolute atomic E-state index is 5.63. The fraction of sp³-hybridized carbons (Fsp3) is 0.125. The van der Waals surface area contributed by atoms with E-state index in [1.54, 1.807) is 30.4 Å². The first-order chi connectivity index (χ1) is 6.84. The van der Waals surface area contributed by atoms with Gasteiger partial charge in [0, 0.05) is 17.6 Å². The van der Waals surface area contributed by atoms with Gasteiger partial charge in [0.15, 0.2) is 4.34 Å². The molecule has 0 bridgehead atoms. The summed E-state index contributed by atoms with van der Waals surface area (Å²) in [6.07, 6.45) is 3.27. The first-order valence-electron chi connectivity index (χ1n) is 3.94. The lowest BCUT2D eigenvalue weighted by Crippen LogP contribution is -1.90. The third-order valence-electron chi connectivity index (χ3n) is 1.53. The van der Waals surface area contributed by atoms with Gasteiger partial charge in [-0.1, -0.05) is 11.8 Å². The van der Waals surface area contributed by atoms with E-state index in [2.05, 4.69) is 14.3 Å². The molecule has 2 heterocycles. The van der Waals surface area contributed by atoms with Gasteiger partial charge >= 0.3 is 0 Å². The average molecular weight is 224 g/mol. The molecule has 0 saturated carbocycles. The van der Waals surface area contributed by atoms with E-state index in [4.69, 9.17) is 5.73 Å². The summed E-state index contributed by atoms with van der Waals surface area (Å²) in [5, 5.41) is 0. The first kappa shape index (κ1) is 9.42. The predicted molar refractivity (Wildman–Crippen MR) is 58.1 cm³/mol. The molecule has 2 rings (SSSR count). The van der Waals surface area contributed by atoms with Crippen molar-refractivity contribution < 1.29 is 0 Å². The topological polar surface area (TPSA) is 64.7 Å².